The van der Waals surface area contributed by atoms with E-state index in [0.29, 0.717) is 10.8 Å². The fourth-order valence-corrected chi connectivity index (χ4v) is 4.19. The SMILES string of the molecule is O=C(NCC1CSCCS1)c1ccc(O)cc1. The van der Waals surface area contributed by atoms with Gasteiger partial charge in [-0.3, -0.25) is 4.79 Å². The minimum absolute atomic E-state index is 0.0684. The number of benzene rings is 1. The Morgan fingerprint density at radius 3 is 2.76 bits per heavy atom. The van der Waals surface area contributed by atoms with Crippen molar-refractivity contribution >= 4 is 29.4 Å². The fourth-order valence-electron chi connectivity index (χ4n) is 1.58. The molecular weight excluding hydrogens is 254 g/mol. The van der Waals surface area contributed by atoms with Crippen LogP contribution in [0.4, 0.5) is 0 Å². The summed E-state index contributed by atoms with van der Waals surface area (Å²) in [5.41, 5.74) is 0.594. The molecule has 1 heterocycles. The average Bonchev–Trinajstić information content (AvgIpc) is 2.38. The van der Waals surface area contributed by atoms with Gasteiger partial charge in [0, 0.05) is 34.6 Å². The Balaban J connectivity index is 1.82. The molecule has 5 heteroatoms. The van der Waals surface area contributed by atoms with Gasteiger partial charge < -0.3 is 10.4 Å². The number of nitrogens with one attached hydrogen (secondary N) is 1. The second-order valence-corrected chi connectivity index (χ2v) is 6.38. The number of phenols is 1. The van der Waals surface area contributed by atoms with E-state index in [0.717, 1.165) is 12.3 Å². The highest BCUT2D eigenvalue weighted by molar-refractivity contribution is 8.06. The van der Waals surface area contributed by atoms with E-state index >= 15 is 0 Å². The molecule has 2 N–H and O–H groups in total. The second-order valence-electron chi connectivity index (χ2n) is 3.82. The Bertz CT molecular complexity index is 375. The maximum Gasteiger partial charge on any atom is 0.251 e. The van der Waals surface area contributed by atoms with Crippen molar-refractivity contribution in [1.29, 1.82) is 0 Å². The predicted molar refractivity (Wildman–Crippen MR) is 74.0 cm³/mol. The summed E-state index contributed by atoms with van der Waals surface area (Å²) in [4.78, 5) is 11.8. The zero-order chi connectivity index (χ0) is 12.1. The van der Waals surface area contributed by atoms with Crippen LogP contribution in [0.15, 0.2) is 24.3 Å². The summed E-state index contributed by atoms with van der Waals surface area (Å²) >= 11 is 3.87. The molecule has 1 unspecified atom stereocenters. The van der Waals surface area contributed by atoms with Gasteiger partial charge in [-0.05, 0) is 24.3 Å². The van der Waals surface area contributed by atoms with Crippen LogP contribution in [0.1, 0.15) is 10.4 Å². The highest BCUT2D eigenvalue weighted by Crippen LogP contribution is 2.23. The van der Waals surface area contributed by atoms with Crippen LogP contribution < -0.4 is 5.32 Å². The Labute approximate surface area is 109 Å². The number of thioether (sulfide) groups is 2. The van der Waals surface area contributed by atoms with Gasteiger partial charge in [0.25, 0.3) is 5.91 Å². The summed E-state index contributed by atoms with van der Waals surface area (Å²) < 4.78 is 0. The highest BCUT2D eigenvalue weighted by Gasteiger charge is 2.15. The maximum absolute atomic E-state index is 11.8. The van der Waals surface area contributed by atoms with E-state index in [1.807, 2.05) is 23.5 Å². The van der Waals surface area contributed by atoms with Crippen molar-refractivity contribution in [1.82, 2.24) is 5.32 Å². The van der Waals surface area contributed by atoms with Gasteiger partial charge in [-0.2, -0.15) is 23.5 Å². The predicted octanol–water partition coefficient (Wildman–Crippen LogP) is 1.97. The number of aromatic hydroxyl groups is 1. The first-order chi connectivity index (χ1) is 8.25. The molecule has 1 aliphatic rings. The molecule has 1 aromatic carbocycles. The molecule has 0 radical (unpaired) electrons. The molecular formula is C12H15NO2S2. The molecule has 1 amide bonds. The zero-order valence-corrected chi connectivity index (χ0v) is 11.0. The molecule has 3 nitrogen and oxygen atoms in total. The first-order valence-electron chi connectivity index (χ1n) is 5.52. The number of carbonyl (C=O) groups excluding carboxylic acids is 1. The summed E-state index contributed by atoms with van der Waals surface area (Å²) in [6, 6.07) is 6.32. The largest absolute Gasteiger partial charge is 0.508 e. The van der Waals surface area contributed by atoms with Crippen LogP contribution in [0.25, 0.3) is 0 Å². The maximum atomic E-state index is 11.8. The molecule has 1 aliphatic heterocycles. The van der Waals surface area contributed by atoms with E-state index < -0.39 is 0 Å². The number of hydrogen-bond acceptors (Lipinski definition) is 4. The molecule has 1 fully saturated rings. The van der Waals surface area contributed by atoms with Gasteiger partial charge >= 0.3 is 0 Å². The second kappa shape index (κ2) is 6.21. The minimum atomic E-state index is -0.0684. The lowest BCUT2D eigenvalue weighted by molar-refractivity contribution is 0.0954. The minimum Gasteiger partial charge on any atom is -0.508 e. The number of amides is 1. The van der Waals surface area contributed by atoms with Gasteiger partial charge in [0.05, 0.1) is 0 Å². The lowest BCUT2D eigenvalue weighted by atomic mass is 10.2. The van der Waals surface area contributed by atoms with Crippen LogP contribution in [0.5, 0.6) is 5.75 Å². The lowest BCUT2D eigenvalue weighted by Crippen LogP contribution is -2.33. The van der Waals surface area contributed by atoms with E-state index in [1.54, 1.807) is 12.1 Å². The van der Waals surface area contributed by atoms with Gasteiger partial charge in [-0.25, -0.2) is 0 Å². The molecule has 92 valence electrons. The third-order valence-electron chi connectivity index (χ3n) is 2.50. The van der Waals surface area contributed by atoms with Crippen molar-refractivity contribution < 1.29 is 9.90 Å². The van der Waals surface area contributed by atoms with E-state index in [-0.39, 0.29) is 11.7 Å². The number of hydrogen-bond donors (Lipinski definition) is 2. The summed E-state index contributed by atoms with van der Waals surface area (Å²) in [5.74, 6) is 3.61. The Morgan fingerprint density at radius 2 is 2.12 bits per heavy atom. The number of phenolic OH excluding ortho intramolecular Hbond substituents is 1. The third-order valence-corrected chi connectivity index (χ3v) is 5.35. The summed E-state index contributed by atoms with van der Waals surface area (Å²) in [7, 11) is 0. The first-order valence-corrected chi connectivity index (χ1v) is 7.72. The van der Waals surface area contributed by atoms with Crippen molar-refractivity contribution in [3.8, 4) is 5.75 Å². The fraction of sp³-hybridized carbons (Fsp3) is 0.417. The van der Waals surface area contributed by atoms with E-state index in [9.17, 15) is 4.79 Å². The monoisotopic (exact) mass is 269 g/mol. The van der Waals surface area contributed by atoms with Gasteiger partial charge in [0.15, 0.2) is 0 Å². The van der Waals surface area contributed by atoms with Gasteiger partial charge in [-0.1, -0.05) is 0 Å². The van der Waals surface area contributed by atoms with E-state index in [1.165, 1.54) is 23.6 Å². The standard InChI is InChI=1S/C12H15NO2S2/c14-10-3-1-9(2-4-10)12(15)13-7-11-8-16-5-6-17-11/h1-4,11,14H,5-8H2,(H,13,15). The lowest BCUT2D eigenvalue weighted by Gasteiger charge is -2.21. The van der Waals surface area contributed by atoms with Crippen LogP contribution in [0, 0.1) is 0 Å². The van der Waals surface area contributed by atoms with E-state index in [2.05, 4.69) is 5.32 Å². The molecule has 0 aliphatic carbocycles. The van der Waals surface area contributed by atoms with Gasteiger partial charge in [-0.15, -0.1) is 0 Å². The normalized spacial score (nSPS) is 19.9. The van der Waals surface area contributed by atoms with Crippen LogP contribution in [0.3, 0.4) is 0 Å². The van der Waals surface area contributed by atoms with Crippen molar-refractivity contribution in [2.24, 2.45) is 0 Å². The van der Waals surface area contributed by atoms with Crippen LogP contribution in [0.2, 0.25) is 0 Å². The molecule has 17 heavy (non-hydrogen) atoms. The van der Waals surface area contributed by atoms with Gasteiger partial charge in [0.1, 0.15) is 5.75 Å². The third kappa shape index (κ3) is 3.85. The Hall–Kier alpha value is -0.810. The molecule has 0 saturated carbocycles. The van der Waals surface area contributed by atoms with Crippen molar-refractivity contribution in [2.45, 2.75) is 5.25 Å². The Morgan fingerprint density at radius 1 is 1.35 bits per heavy atom. The van der Waals surface area contributed by atoms with Crippen LogP contribution in [-0.4, -0.2) is 40.1 Å². The number of rotatable bonds is 3. The van der Waals surface area contributed by atoms with Gasteiger partial charge in [0.2, 0.25) is 0 Å². The first kappa shape index (κ1) is 12.6. The smallest absolute Gasteiger partial charge is 0.251 e. The molecule has 2 rings (SSSR count). The van der Waals surface area contributed by atoms with E-state index in [4.69, 9.17) is 5.11 Å². The molecule has 1 aromatic rings. The topological polar surface area (TPSA) is 49.3 Å². The molecule has 1 atom stereocenters. The molecule has 1 saturated heterocycles. The van der Waals surface area contributed by atoms with Crippen molar-refractivity contribution in [3.05, 3.63) is 29.8 Å². The highest BCUT2D eigenvalue weighted by atomic mass is 32.2. The Kier molecular flexibility index (Phi) is 4.62. The molecule has 0 bridgehead atoms. The van der Waals surface area contributed by atoms with Crippen molar-refractivity contribution in [3.63, 3.8) is 0 Å². The molecule has 0 aromatic heterocycles. The number of carbonyl (C=O) groups is 1. The quantitative estimate of drug-likeness (QED) is 0.881. The van der Waals surface area contributed by atoms with Crippen LogP contribution in [-0.2, 0) is 0 Å². The summed E-state index contributed by atoms with van der Waals surface area (Å²) in [5, 5.41) is 12.6. The summed E-state index contributed by atoms with van der Waals surface area (Å²) in [6.07, 6.45) is 0. The molecule has 0 spiro atoms. The average molecular weight is 269 g/mol. The van der Waals surface area contributed by atoms with Crippen LogP contribution >= 0.6 is 23.5 Å². The summed E-state index contributed by atoms with van der Waals surface area (Å²) in [6.45, 7) is 0.720. The van der Waals surface area contributed by atoms with Crippen molar-refractivity contribution in [2.75, 3.05) is 23.8 Å². The zero-order valence-electron chi connectivity index (χ0n) is 9.39.